The molecule has 0 unspecified atom stereocenters. The number of nitrogens with zero attached hydrogens (tertiary/aromatic N) is 2. The van der Waals surface area contributed by atoms with Crippen molar-refractivity contribution in [1.82, 2.24) is 15.3 Å². The van der Waals surface area contributed by atoms with Crippen LogP contribution in [0.3, 0.4) is 0 Å². The van der Waals surface area contributed by atoms with Gasteiger partial charge in [-0.05, 0) is 31.5 Å². The number of aryl methyl sites for hydroxylation is 1. The van der Waals surface area contributed by atoms with Crippen molar-refractivity contribution >= 4 is 0 Å². The molecular formula is C15H19N3O2. The van der Waals surface area contributed by atoms with E-state index < -0.39 is 0 Å². The summed E-state index contributed by atoms with van der Waals surface area (Å²) >= 11 is 0. The number of hydrogen-bond donors (Lipinski definition) is 3. The third-order valence-corrected chi connectivity index (χ3v) is 3.39. The highest BCUT2D eigenvalue weighted by molar-refractivity contribution is 5.40. The standard InChI is InChI=1S/C15H19N3O2/c1-10(12-3-5-16-6-4-12)18-8-14-13(9-19)7-17-11(2)15(14)20/h3-7,10,18-20H,8-9H2,1-2H3/t10-/m1/s1. The minimum absolute atomic E-state index is 0.123. The smallest absolute Gasteiger partial charge is 0.141 e. The van der Waals surface area contributed by atoms with Crippen LogP contribution < -0.4 is 5.32 Å². The highest BCUT2D eigenvalue weighted by Gasteiger charge is 2.12. The Morgan fingerprint density at radius 2 is 2.00 bits per heavy atom. The molecule has 0 bridgehead atoms. The topological polar surface area (TPSA) is 78.3 Å². The summed E-state index contributed by atoms with van der Waals surface area (Å²) < 4.78 is 0. The lowest BCUT2D eigenvalue weighted by molar-refractivity contribution is 0.278. The van der Waals surface area contributed by atoms with Gasteiger partial charge in [-0.1, -0.05) is 0 Å². The minimum atomic E-state index is -0.137. The largest absolute Gasteiger partial charge is 0.506 e. The Hall–Kier alpha value is -1.98. The van der Waals surface area contributed by atoms with Crippen molar-refractivity contribution in [2.24, 2.45) is 0 Å². The van der Waals surface area contributed by atoms with Crippen molar-refractivity contribution in [2.45, 2.75) is 33.0 Å². The summed E-state index contributed by atoms with van der Waals surface area (Å²) in [5.74, 6) is 0.144. The zero-order valence-corrected chi connectivity index (χ0v) is 11.7. The van der Waals surface area contributed by atoms with Gasteiger partial charge in [0.25, 0.3) is 0 Å². The van der Waals surface area contributed by atoms with E-state index in [1.165, 1.54) is 0 Å². The van der Waals surface area contributed by atoms with E-state index in [0.717, 1.165) is 5.56 Å². The van der Waals surface area contributed by atoms with E-state index in [9.17, 15) is 10.2 Å². The molecule has 0 fully saturated rings. The van der Waals surface area contributed by atoms with Gasteiger partial charge >= 0.3 is 0 Å². The number of aromatic nitrogens is 2. The molecule has 0 radical (unpaired) electrons. The predicted molar refractivity (Wildman–Crippen MR) is 76.1 cm³/mol. The van der Waals surface area contributed by atoms with Gasteiger partial charge < -0.3 is 15.5 Å². The Morgan fingerprint density at radius 3 is 2.65 bits per heavy atom. The van der Waals surface area contributed by atoms with E-state index in [1.54, 1.807) is 25.5 Å². The third-order valence-electron chi connectivity index (χ3n) is 3.39. The average Bonchev–Trinajstić information content (AvgIpc) is 2.49. The lowest BCUT2D eigenvalue weighted by Gasteiger charge is -2.17. The lowest BCUT2D eigenvalue weighted by Crippen LogP contribution is -2.19. The first kappa shape index (κ1) is 14.4. The van der Waals surface area contributed by atoms with Gasteiger partial charge in [0, 0.05) is 42.3 Å². The van der Waals surface area contributed by atoms with Crippen molar-refractivity contribution in [3.8, 4) is 5.75 Å². The Balaban J connectivity index is 2.13. The Labute approximate surface area is 118 Å². The zero-order valence-electron chi connectivity index (χ0n) is 11.7. The second kappa shape index (κ2) is 6.45. The summed E-state index contributed by atoms with van der Waals surface area (Å²) in [4.78, 5) is 8.04. The maximum atomic E-state index is 10.1. The summed E-state index contributed by atoms with van der Waals surface area (Å²) in [7, 11) is 0. The van der Waals surface area contributed by atoms with E-state index in [4.69, 9.17) is 0 Å². The number of hydrogen-bond acceptors (Lipinski definition) is 5. The Morgan fingerprint density at radius 1 is 1.30 bits per heavy atom. The maximum Gasteiger partial charge on any atom is 0.141 e. The van der Waals surface area contributed by atoms with E-state index in [0.29, 0.717) is 23.4 Å². The van der Waals surface area contributed by atoms with Crippen molar-refractivity contribution in [3.05, 3.63) is 53.1 Å². The monoisotopic (exact) mass is 273 g/mol. The zero-order chi connectivity index (χ0) is 14.5. The van der Waals surface area contributed by atoms with Gasteiger partial charge in [-0.3, -0.25) is 9.97 Å². The number of nitrogens with one attached hydrogen (secondary N) is 1. The second-order valence-corrected chi connectivity index (χ2v) is 4.74. The molecule has 20 heavy (non-hydrogen) atoms. The number of pyridine rings is 2. The van der Waals surface area contributed by atoms with Crippen molar-refractivity contribution < 1.29 is 10.2 Å². The first-order valence-corrected chi connectivity index (χ1v) is 6.54. The van der Waals surface area contributed by atoms with Gasteiger partial charge in [0.15, 0.2) is 0 Å². The summed E-state index contributed by atoms with van der Waals surface area (Å²) in [6.07, 6.45) is 5.10. The average molecular weight is 273 g/mol. The molecule has 1 atom stereocenters. The highest BCUT2D eigenvalue weighted by Crippen LogP contribution is 2.24. The summed E-state index contributed by atoms with van der Waals surface area (Å²) in [6, 6.07) is 4.02. The summed E-state index contributed by atoms with van der Waals surface area (Å²) in [5.41, 5.74) is 3.02. The fourth-order valence-corrected chi connectivity index (χ4v) is 2.04. The molecule has 0 saturated carbocycles. The molecule has 5 nitrogen and oxygen atoms in total. The molecule has 2 rings (SSSR count). The van der Waals surface area contributed by atoms with Crippen molar-refractivity contribution in [3.63, 3.8) is 0 Å². The van der Waals surface area contributed by atoms with Crippen LogP contribution in [-0.4, -0.2) is 20.2 Å². The van der Waals surface area contributed by atoms with Crippen molar-refractivity contribution in [1.29, 1.82) is 0 Å². The molecule has 0 spiro atoms. The van der Waals surface area contributed by atoms with Crippen LogP contribution in [0.5, 0.6) is 5.75 Å². The minimum Gasteiger partial charge on any atom is -0.506 e. The van der Waals surface area contributed by atoms with Crippen LogP contribution in [0.25, 0.3) is 0 Å². The van der Waals surface area contributed by atoms with E-state index in [2.05, 4.69) is 15.3 Å². The quantitative estimate of drug-likeness (QED) is 0.774. The Kier molecular flexibility index (Phi) is 4.65. The summed E-state index contributed by atoms with van der Waals surface area (Å²) in [6.45, 7) is 4.11. The molecule has 0 aliphatic carbocycles. The van der Waals surface area contributed by atoms with E-state index in [1.807, 2.05) is 19.1 Å². The molecule has 0 aliphatic heterocycles. The molecule has 0 aromatic carbocycles. The molecule has 0 aliphatic rings. The van der Waals surface area contributed by atoms with Gasteiger partial charge in [-0.15, -0.1) is 0 Å². The second-order valence-electron chi connectivity index (χ2n) is 4.74. The van der Waals surface area contributed by atoms with E-state index in [-0.39, 0.29) is 18.4 Å². The molecule has 106 valence electrons. The molecule has 0 amide bonds. The van der Waals surface area contributed by atoms with Crippen LogP contribution in [0.1, 0.15) is 35.3 Å². The fraction of sp³-hybridized carbons (Fsp3) is 0.333. The first-order valence-electron chi connectivity index (χ1n) is 6.54. The van der Waals surface area contributed by atoms with Gasteiger partial charge in [0.2, 0.25) is 0 Å². The van der Waals surface area contributed by atoms with Gasteiger partial charge in [-0.25, -0.2) is 0 Å². The maximum absolute atomic E-state index is 10.1. The molecular weight excluding hydrogens is 254 g/mol. The van der Waals surface area contributed by atoms with Crippen LogP contribution in [0.15, 0.2) is 30.7 Å². The van der Waals surface area contributed by atoms with Gasteiger partial charge in [-0.2, -0.15) is 0 Å². The molecule has 3 N–H and O–H groups in total. The first-order chi connectivity index (χ1) is 9.63. The molecule has 2 aromatic heterocycles. The number of aromatic hydroxyl groups is 1. The molecule has 2 aromatic rings. The molecule has 0 saturated heterocycles. The van der Waals surface area contributed by atoms with Gasteiger partial charge in [0.05, 0.1) is 12.3 Å². The summed E-state index contributed by atoms with van der Waals surface area (Å²) in [5, 5.41) is 22.7. The van der Waals surface area contributed by atoms with Crippen LogP contribution in [-0.2, 0) is 13.2 Å². The number of rotatable bonds is 5. The van der Waals surface area contributed by atoms with Crippen LogP contribution in [0.2, 0.25) is 0 Å². The predicted octanol–water partition coefficient (Wildman–Crippen LogP) is 1.83. The van der Waals surface area contributed by atoms with Crippen molar-refractivity contribution in [2.75, 3.05) is 0 Å². The number of aliphatic hydroxyl groups is 1. The normalized spacial score (nSPS) is 12.3. The highest BCUT2D eigenvalue weighted by atomic mass is 16.3. The van der Waals surface area contributed by atoms with Crippen LogP contribution in [0.4, 0.5) is 0 Å². The lowest BCUT2D eigenvalue weighted by atomic mass is 10.1. The number of aliphatic hydroxyl groups excluding tert-OH is 1. The Bertz CT molecular complexity index is 573. The van der Waals surface area contributed by atoms with E-state index >= 15 is 0 Å². The van der Waals surface area contributed by atoms with Crippen LogP contribution in [0, 0.1) is 6.92 Å². The van der Waals surface area contributed by atoms with Crippen LogP contribution >= 0.6 is 0 Å². The fourth-order valence-electron chi connectivity index (χ4n) is 2.04. The molecule has 5 heteroatoms. The molecule has 2 heterocycles. The van der Waals surface area contributed by atoms with Gasteiger partial charge in [0.1, 0.15) is 5.75 Å². The third kappa shape index (κ3) is 3.12. The SMILES string of the molecule is Cc1ncc(CO)c(CN[C@H](C)c2ccncc2)c1O.